The maximum absolute atomic E-state index is 12.3. The molecule has 1 fully saturated rings. The highest BCUT2D eigenvalue weighted by Gasteiger charge is 2.26. The Morgan fingerprint density at radius 3 is 2.25 bits per heavy atom. The van der Waals surface area contributed by atoms with E-state index in [0.717, 1.165) is 18.5 Å². The summed E-state index contributed by atoms with van der Waals surface area (Å²) in [5, 5.41) is 3.20. The van der Waals surface area contributed by atoms with Crippen LogP contribution in [0.15, 0.2) is 29.2 Å². The van der Waals surface area contributed by atoms with E-state index >= 15 is 0 Å². The van der Waals surface area contributed by atoms with Crippen LogP contribution in [0.1, 0.15) is 26.7 Å². The van der Waals surface area contributed by atoms with Crippen LogP contribution in [0, 0.1) is 0 Å². The van der Waals surface area contributed by atoms with Gasteiger partial charge < -0.3 is 11.1 Å². The molecule has 1 aromatic carbocycles. The highest BCUT2D eigenvalue weighted by Crippen LogP contribution is 2.22. The van der Waals surface area contributed by atoms with E-state index < -0.39 is 10.0 Å². The minimum atomic E-state index is -3.32. The van der Waals surface area contributed by atoms with Crippen LogP contribution in [0.4, 0.5) is 5.69 Å². The Morgan fingerprint density at radius 1 is 1.20 bits per heavy atom. The van der Waals surface area contributed by atoms with Gasteiger partial charge in [-0.25, -0.2) is 8.42 Å². The number of benzene rings is 1. The summed E-state index contributed by atoms with van der Waals surface area (Å²) < 4.78 is 26.3. The SMILES string of the molecule is CC(C)(N)CNc1ccc(S(=O)(=O)N2CCCC2)cc1. The molecule has 0 amide bonds. The van der Waals surface area contributed by atoms with Crippen LogP contribution in [-0.2, 0) is 10.0 Å². The topological polar surface area (TPSA) is 75.4 Å². The number of rotatable bonds is 5. The number of sulfonamides is 1. The van der Waals surface area contributed by atoms with E-state index in [9.17, 15) is 8.42 Å². The summed E-state index contributed by atoms with van der Waals surface area (Å²) in [6.07, 6.45) is 1.90. The molecule has 0 bridgehead atoms. The quantitative estimate of drug-likeness (QED) is 0.866. The predicted molar refractivity (Wildman–Crippen MR) is 81.2 cm³/mol. The fourth-order valence-corrected chi connectivity index (χ4v) is 3.67. The number of hydrogen-bond donors (Lipinski definition) is 2. The van der Waals surface area contributed by atoms with Crippen LogP contribution >= 0.6 is 0 Å². The summed E-state index contributed by atoms with van der Waals surface area (Å²) in [6.45, 7) is 5.76. The van der Waals surface area contributed by atoms with Crippen molar-refractivity contribution in [2.24, 2.45) is 5.73 Å². The molecule has 20 heavy (non-hydrogen) atoms. The van der Waals surface area contributed by atoms with E-state index in [0.29, 0.717) is 24.5 Å². The number of hydrogen-bond acceptors (Lipinski definition) is 4. The molecule has 3 N–H and O–H groups in total. The molecule has 1 aliphatic rings. The zero-order valence-corrected chi connectivity index (χ0v) is 12.9. The van der Waals surface area contributed by atoms with Gasteiger partial charge in [-0.15, -0.1) is 0 Å². The lowest BCUT2D eigenvalue weighted by Crippen LogP contribution is -2.39. The second kappa shape index (κ2) is 5.71. The number of nitrogens with zero attached hydrogens (tertiary/aromatic N) is 1. The first kappa shape index (κ1) is 15.3. The molecule has 5 nitrogen and oxygen atoms in total. The van der Waals surface area contributed by atoms with Gasteiger partial charge in [0.15, 0.2) is 0 Å². The molecule has 6 heteroatoms. The maximum atomic E-state index is 12.3. The molecule has 1 aliphatic heterocycles. The number of nitrogens with two attached hydrogens (primary N) is 1. The Labute approximate surface area is 121 Å². The van der Waals surface area contributed by atoms with Crippen LogP contribution in [-0.4, -0.2) is 37.9 Å². The molecule has 1 heterocycles. The zero-order valence-electron chi connectivity index (χ0n) is 12.1. The summed E-state index contributed by atoms with van der Waals surface area (Å²) in [5.74, 6) is 0. The highest BCUT2D eigenvalue weighted by molar-refractivity contribution is 7.89. The summed E-state index contributed by atoms with van der Waals surface area (Å²) in [7, 11) is -3.32. The van der Waals surface area contributed by atoms with Crippen LogP contribution in [0.25, 0.3) is 0 Å². The van der Waals surface area contributed by atoms with E-state index in [1.54, 1.807) is 28.6 Å². The Bertz CT molecular complexity index is 541. The number of anilines is 1. The standard InChI is InChI=1S/C14H23N3O2S/c1-14(2,15)11-16-12-5-7-13(8-6-12)20(18,19)17-9-3-4-10-17/h5-8,16H,3-4,9-11,15H2,1-2H3. The average Bonchev–Trinajstić information content (AvgIpc) is 2.90. The summed E-state index contributed by atoms with van der Waals surface area (Å²) in [5.41, 5.74) is 6.47. The minimum Gasteiger partial charge on any atom is -0.383 e. The monoisotopic (exact) mass is 297 g/mol. The van der Waals surface area contributed by atoms with E-state index in [1.165, 1.54) is 0 Å². The lowest BCUT2D eigenvalue weighted by atomic mass is 10.1. The fourth-order valence-electron chi connectivity index (χ4n) is 2.15. The maximum Gasteiger partial charge on any atom is 0.243 e. The molecular weight excluding hydrogens is 274 g/mol. The summed E-state index contributed by atoms with van der Waals surface area (Å²) in [6, 6.07) is 6.88. The van der Waals surface area contributed by atoms with E-state index in [4.69, 9.17) is 5.73 Å². The first-order valence-electron chi connectivity index (χ1n) is 6.92. The predicted octanol–water partition coefficient (Wildman–Crippen LogP) is 1.62. The Kier molecular flexibility index (Phi) is 4.36. The van der Waals surface area contributed by atoms with Crippen LogP contribution < -0.4 is 11.1 Å². The van der Waals surface area contributed by atoms with Crippen LogP contribution in [0.5, 0.6) is 0 Å². The molecule has 112 valence electrons. The first-order valence-corrected chi connectivity index (χ1v) is 8.36. The molecule has 0 aromatic heterocycles. The molecule has 0 spiro atoms. The van der Waals surface area contributed by atoms with Crippen molar-refractivity contribution in [2.45, 2.75) is 37.1 Å². The van der Waals surface area contributed by atoms with Crippen molar-refractivity contribution in [2.75, 3.05) is 25.0 Å². The van der Waals surface area contributed by atoms with Crippen molar-refractivity contribution in [3.63, 3.8) is 0 Å². The Balaban J connectivity index is 2.08. The van der Waals surface area contributed by atoms with E-state index in [2.05, 4.69) is 5.32 Å². The molecule has 0 atom stereocenters. The van der Waals surface area contributed by atoms with Gasteiger partial charge >= 0.3 is 0 Å². The largest absolute Gasteiger partial charge is 0.383 e. The van der Waals surface area contributed by atoms with Gasteiger partial charge in [0.25, 0.3) is 0 Å². The summed E-state index contributed by atoms with van der Waals surface area (Å²) >= 11 is 0. The molecule has 1 aromatic rings. The normalized spacial score (nSPS) is 17.4. The first-order chi connectivity index (χ1) is 9.29. The molecule has 0 saturated carbocycles. The minimum absolute atomic E-state index is 0.305. The third-order valence-electron chi connectivity index (χ3n) is 3.31. The third kappa shape index (κ3) is 3.71. The van der Waals surface area contributed by atoms with Gasteiger partial charge in [0, 0.05) is 30.9 Å². The van der Waals surface area contributed by atoms with Gasteiger partial charge in [0.1, 0.15) is 0 Å². The van der Waals surface area contributed by atoms with Gasteiger partial charge in [-0.1, -0.05) is 0 Å². The lowest BCUT2D eigenvalue weighted by Gasteiger charge is -2.20. The fraction of sp³-hybridized carbons (Fsp3) is 0.571. The van der Waals surface area contributed by atoms with Gasteiger partial charge in [0.2, 0.25) is 10.0 Å². The van der Waals surface area contributed by atoms with E-state index in [1.807, 2.05) is 13.8 Å². The molecule has 0 radical (unpaired) electrons. The van der Waals surface area contributed by atoms with Crippen molar-refractivity contribution >= 4 is 15.7 Å². The lowest BCUT2D eigenvalue weighted by molar-refractivity contribution is 0.477. The third-order valence-corrected chi connectivity index (χ3v) is 5.22. The van der Waals surface area contributed by atoms with Crippen molar-refractivity contribution in [1.82, 2.24) is 4.31 Å². The smallest absolute Gasteiger partial charge is 0.243 e. The number of nitrogens with one attached hydrogen (secondary N) is 1. The zero-order chi connectivity index (χ0) is 14.8. The van der Waals surface area contributed by atoms with Crippen molar-refractivity contribution in [3.8, 4) is 0 Å². The Morgan fingerprint density at radius 2 is 1.75 bits per heavy atom. The second-order valence-corrected chi connectivity index (χ2v) is 7.92. The van der Waals surface area contributed by atoms with Gasteiger partial charge in [-0.3, -0.25) is 0 Å². The molecule has 0 aliphatic carbocycles. The molecule has 1 saturated heterocycles. The van der Waals surface area contributed by atoms with Gasteiger partial charge in [-0.2, -0.15) is 4.31 Å². The van der Waals surface area contributed by atoms with E-state index in [-0.39, 0.29) is 5.54 Å². The Hall–Kier alpha value is -1.11. The van der Waals surface area contributed by atoms with Crippen molar-refractivity contribution in [3.05, 3.63) is 24.3 Å². The van der Waals surface area contributed by atoms with Crippen LogP contribution in [0.3, 0.4) is 0 Å². The summed E-state index contributed by atoms with van der Waals surface area (Å²) in [4.78, 5) is 0.358. The molecular formula is C14H23N3O2S. The van der Waals surface area contributed by atoms with Gasteiger partial charge in [0.05, 0.1) is 4.90 Å². The van der Waals surface area contributed by atoms with Crippen molar-refractivity contribution < 1.29 is 8.42 Å². The van der Waals surface area contributed by atoms with Gasteiger partial charge in [-0.05, 0) is 51.0 Å². The van der Waals surface area contributed by atoms with Crippen molar-refractivity contribution in [1.29, 1.82) is 0 Å². The molecule has 2 rings (SSSR count). The average molecular weight is 297 g/mol. The highest BCUT2D eigenvalue weighted by atomic mass is 32.2. The second-order valence-electron chi connectivity index (χ2n) is 5.98. The van der Waals surface area contributed by atoms with Crippen LogP contribution in [0.2, 0.25) is 0 Å². The molecule has 0 unspecified atom stereocenters.